The highest BCUT2D eigenvalue weighted by molar-refractivity contribution is 5.92. The van der Waals surface area contributed by atoms with Gasteiger partial charge in [0.25, 0.3) is 0 Å². The molecule has 1 heterocycles. The van der Waals surface area contributed by atoms with Gasteiger partial charge in [-0.1, -0.05) is 48.5 Å². The van der Waals surface area contributed by atoms with Crippen LogP contribution in [0.25, 0.3) is 11.8 Å². The van der Waals surface area contributed by atoms with E-state index in [-0.39, 0.29) is 24.8 Å². The molecular weight excluding hydrogens is 376 g/mol. The highest BCUT2D eigenvalue weighted by Gasteiger charge is 2.13. The molecule has 0 aliphatic carbocycles. The van der Waals surface area contributed by atoms with Gasteiger partial charge in [0.05, 0.1) is 11.4 Å². The van der Waals surface area contributed by atoms with E-state index in [0.29, 0.717) is 6.54 Å². The maximum Gasteiger partial charge on any atom is 0.244 e. The molecule has 2 N–H and O–H groups in total. The van der Waals surface area contributed by atoms with Crippen LogP contribution < -0.4 is 10.6 Å². The summed E-state index contributed by atoms with van der Waals surface area (Å²) in [5.41, 5.74) is 4.82. The third-order valence-electron chi connectivity index (χ3n) is 4.78. The second-order valence-corrected chi connectivity index (χ2v) is 6.96. The van der Waals surface area contributed by atoms with E-state index in [0.717, 1.165) is 28.2 Å². The molecule has 0 aliphatic rings. The summed E-state index contributed by atoms with van der Waals surface area (Å²) in [5.74, 6) is -0.337. The summed E-state index contributed by atoms with van der Waals surface area (Å²) in [6.45, 7) is 4.62. The van der Waals surface area contributed by atoms with E-state index in [4.69, 9.17) is 0 Å². The third-order valence-corrected chi connectivity index (χ3v) is 4.78. The lowest BCUT2D eigenvalue weighted by molar-refractivity contribution is -0.121. The quantitative estimate of drug-likeness (QED) is 0.568. The van der Waals surface area contributed by atoms with Gasteiger partial charge in [-0.3, -0.25) is 9.59 Å². The summed E-state index contributed by atoms with van der Waals surface area (Å²) in [7, 11) is 0. The van der Waals surface area contributed by atoms with Crippen molar-refractivity contribution >= 4 is 17.9 Å². The van der Waals surface area contributed by atoms with Crippen LogP contribution in [0.15, 0.2) is 66.7 Å². The molecule has 3 rings (SSSR count). The smallest absolute Gasteiger partial charge is 0.244 e. The second kappa shape index (κ2) is 10.2. The number of aromatic nitrogens is 2. The van der Waals surface area contributed by atoms with E-state index < -0.39 is 0 Å². The SMILES string of the molecule is Cc1nn(-c2ccccc2)c(C)c1CNC(=O)CCNC(=O)/C=C/c1ccccc1. The van der Waals surface area contributed by atoms with E-state index >= 15 is 0 Å². The van der Waals surface area contributed by atoms with Crippen LogP contribution in [0.1, 0.15) is 28.9 Å². The normalized spacial score (nSPS) is 10.9. The Morgan fingerprint density at radius 1 is 0.967 bits per heavy atom. The first kappa shape index (κ1) is 21.0. The number of para-hydroxylation sites is 1. The highest BCUT2D eigenvalue weighted by Crippen LogP contribution is 2.17. The van der Waals surface area contributed by atoms with Crippen LogP contribution in [-0.2, 0) is 16.1 Å². The van der Waals surface area contributed by atoms with E-state index in [1.165, 1.54) is 6.08 Å². The average Bonchev–Trinajstić information content (AvgIpc) is 3.05. The van der Waals surface area contributed by atoms with Crippen molar-refractivity contribution in [3.63, 3.8) is 0 Å². The molecule has 0 unspecified atom stereocenters. The molecule has 0 fully saturated rings. The topological polar surface area (TPSA) is 76.0 Å². The summed E-state index contributed by atoms with van der Waals surface area (Å²) in [6.07, 6.45) is 3.43. The number of carbonyl (C=O) groups is 2. The Balaban J connectivity index is 1.45. The number of benzene rings is 2. The van der Waals surface area contributed by atoms with Gasteiger partial charge in [-0.25, -0.2) is 4.68 Å². The van der Waals surface area contributed by atoms with E-state index in [1.54, 1.807) is 6.08 Å². The van der Waals surface area contributed by atoms with Gasteiger partial charge in [-0.15, -0.1) is 0 Å². The lowest BCUT2D eigenvalue weighted by Crippen LogP contribution is -2.29. The van der Waals surface area contributed by atoms with Gasteiger partial charge in [0, 0.05) is 36.8 Å². The fourth-order valence-corrected chi connectivity index (χ4v) is 3.12. The number of carbonyl (C=O) groups excluding carboxylic acids is 2. The predicted octanol–water partition coefficient (Wildman–Crippen LogP) is 3.33. The maximum atomic E-state index is 12.2. The zero-order valence-electron chi connectivity index (χ0n) is 17.3. The van der Waals surface area contributed by atoms with Gasteiger partial charge >= 0.3 is 0 Å². The van der Waals surface area contributed by atoms with Crippen molar-refractivity contribution in [1.29, 1.82) is 0 Å². The van der Waals surface area contributed by atoms with Gasteiger partial charge in [0.15, 0.2) is 0 Å². The first-order chi connectivity index (χ1) is 14.5. The van der Waals surface area contributed by atoms with Crippen molar-refractivity contribution in [1.82, 2.24) is 20.4 Å². The monoisotopic (exact) mass is 402 g/mol. The molecule has 2 aromatic carbocycles. The van der Waals surface area contributed by atoms with Crippen LogP contribution in [0.4, 0.5) is 0 Å². The van der Waals surface area contributed by atoms with Crippen LogP contribution in [0, 0.1) is 13.8 Å². The van der Waals surface area contributed by atoms with Crippen molar-refractivity contribution in [3.8, 4) is 5.69 Å². The minimum Gasteiger partial charge on any atom is -0.352 e. The van der Waals surface area contributed by atoms with Crippen molar-refractivity contribution < 1.29 is 9.59 Å². The molecule has 2 amide bonds. The zero-order valence-corrected chi connectivity index (χ0v) is 17.3. The number of amides is 2. The Hall–Kier alpha value is -3.67. The molecule has 0 saturated carbocycles. The molecule has 0 saturated heterocycles. The lowest BCUT2D eigenvalue weighted by Gasteiger charge is -2.07. The fraction of sp³-hybridized carbons (Fsp3) is 0.208. The van der Waals surface area contributed by atoms with Crippen molar-refractivity contribution in [3.05, 3.63) is 89.3 Å². The largest absolute Gasteiger partial charge is 0.352 e. The van der Waals surface area contributed by atoms with Crippen LogP contribution >= 0.6 is 0 Å². The Morgan fingerprint density at radius 2 is 1.63 bits per heavy atom. The first-order valence-electron chi connectivity index (χ1n) is 9.93. The Labute approximate surface area is 176 Å². The van der Waals surface area contributed by atoms with Crippen LogP contribution in [0.3, 0.4) is 0 Å². The summed E-state index contributed by atoms with van der Waals surface area (Å²) in [5, 5.41) is 10.2. The summed E-state index contributed by atoms with van der Waals surface area (Å²) < 4.78 is 1.89. The maximum absolute atomic E-state index is 12.2. The van der Waals surface area contributed by atoms with Gasteiger partial charge in [0.1, 0.15) is 0 Å². The van der Waals surface area contributed by atoms with Crippen molar-refractivity contribution in [2.75, 3.05) is 6.54 Å². The third kappa shape index (κ3) is 5.67. The number of aryl methyl sites for hydroxylation is 1. The number of nitrogens with one attached hydrogen (secondary N) is 2. The average molecular weight is 402 g/mol. The van der Waals surface area contributed by atoms with Crippen LogP contribution in [-0.4, -0.2) is 28.1 Å². The van der Waals surface area contributed by atoms with Crippen LogP contribution in [0.5, 0.6) is 0 Å². The molecule has 6 nitrogen and oxygen atoms in total. The number of rotatable bonds is 8. The van der Waals surface area contributed by atoms with Crippen molar-refractivity contribution in [2.24, 2.45) is 0 Å². The Bertz CT molecular complexity index is 1020. The molecule has 0 bridgehead atoms. The van der Waals surface area contributed by atoms with E-state index in [1.807, 2.05) is 79.2 Å². The second-order valence-electron chi connectivity index (χ2n) is 6.96. The van der Waals surface area contributed by atoms with Gasteiger partial charge < -0.3 is 10.6 Å². The Morgan fingerprint density at radius 3 is 2.33 bits per heavy atom. The lowest BCUT2D eigenvalue weighted by atomic mass is 10.2. The summed E-state index contributed by atoms with van der Waals surface area (Å²) >= 11 is 0. The van der Waals surface area contributed by atoms with E-state index in [2.05, 4.69) is 15.7 Å². The molecule has 154 valence electrons. The molecule has 0 aliphatic heterocycles. The molecule has 1 aromatic heterocycles. The zero-order chi connectivity index (χ0) is 21.3. The molecule has 3 aromatic rings. The van der Waals surface area contributed by atoms with Gasteiger partial charge in [0.2, 0.25) is 11.8 Å². The summed E-state index contributed by atoms with van der Waals surface area (Å²) in [6, 6.07) is 19.5. The molecule has 0 radical (unpaired) electrons. The molecule has 30 heavy (non-hydrogen) atoms. The number of hydrogen-bond acceptors (Lipinski definition) is 3. The standard InChI is InChI=1S/C24H26N4O2/c1-18-22(19(2)28(27-18)21-11-7-4-8-12-21)17-26-24(30)15-16-25-23(29)14-13-20-9-5-3-6-10-20/h3-14H,15-17H2,1-2H3,(H,25,29)(H,26,30)/b14-13+. The Kier molecular flexibility index (Phi) is 7.16. The minimum atomic E-state index is -0.220. The number of hydrogen-bond donors (Lipinski definition) is 2. The van der Waals surface area contributed by atoms with Gasteiger partial charge in [-0.05, 0) is 37.6 Å². The van der Waals surface area contributed by atoms with E-state index in [9.17, 15) is 9.59 Å². The summed E-state index contributed by atoms with van der Waals surface area (Å²) in [4.78, 5) is 24.0. The van der Waals surface area contributed by atoms with Crippen molar-refractivity contribution in [2.45, 2.75) is 26.8 Å². The van der Waals surface area contributed by atoms with Crippen LogP contribution in [0.2, 0.25) is 0 Å². The molecule has 6 heteroatoms. The fourth-order valence-electron chi connectivity index (χ4n) is 3.12. The first-order valence-corrected chi connectivity index (χ1v) is 9.93. The predicted molar refractivity (Wildman–Crippen MR) is 118 cm³/mol. The number of nitrogens with zero attached hydrogens (tertiary/aromatic N) is 2. The molecular formula is C24H26N4O2. The highest BCUT2D eigenvalue weighted by atomic mass is 16.2. The molecule has 0 spiro atoms. The van der Waals surface area contributed by atoms with Gasteiger partial charge in [-0.2, -0.15) is 5.10 Å². The molecule has 0 atom stereocenters. The minimum absolute atomic E-state index is 0.117.